The van der Waals surface area contributed by atoms with Gasteiger partial charge in [-0.05, 0) is 91.9 Å². The molecule has 0 bridgehead atoms. The van der Waals surface area contributed by atoms with E-state index in [-0.39, 0.29) is 17.7 Å². The highest BCUT2D eigenvalue weighted by Crippen LogP contribution is 2.30. The molecule has 0 unspecified atom stereocenters. The average molecular weight is 482 g/mol. The van der Waals surface area contributed by atoms with Gasteiger partial charge in [-0.1, -0.05) is 49.7 Å². The number of carbonyl (C=O) groups excluding carboxylic acids is 2. The quantitative estimate of drug-likeness (QED) is 0.612. The van der Waals surface area contributed by atoms with Crippen molar-refractivity contribution >= 4 is 23.4 Å². The van der Waals surface area contributed by atoms with Crippen molar-refractivity contribution in [2.75, 3.05) is 26.2 Å². The molecular weight excluding hydrogens is 446 g/mol. The minimum Gasteiger partial charge on any atom is -0.341 e. The molecule has 2 heterocycles. The molecule has 6 heteroatoms. The molecule has 0 radical (unpaired) electrons. The largest absolute Gasteiger partial charge is 0.341 e. The van der Waals surface area contributed by atoms with E-state index in [1.165, 1.54) is 11.1 Å². The van der Waals surface area contributed by atoms with Crippen molar-refractivity contribution in [2.24, 2.45) is 5.92 Å². The summed E-state index contributed by atoms with van der Waals surface area (Å²) in [5, 5.41) is 7.19. The molecule has 182 valence electrons. The third-order valence-corrected chi connectivity index (χ3v) is 7.58. The zero-order valence-electron chi connectivity index (χ0n) is 20.2. The van der Waals surface area contributed by atoms with Crippen molar-refractivity contribution in [3.05, 3.63) is 70.2 Å². The van der Waals surface area contributed by atoms with E-state index in [0.717, 1.165) is 43.8 Å². The lowest BCUT2D eigenvalue weighted by molar-refractivity contribution is -0.135. The summed E-state index contributed by atoms with van der Waals surface area (Å²) in [5.74, 6) is 0.786. The van der Waals surface area contributed by atoms with Crippen LogP contribution < -0.4 is 10.6 Å². The fraction of sp³-hybridized carbons (Fsp3) is 0.500. The number of benzene rings is 2. The van der Waals surface area contributed by atoms with Crippen molar-refractivity contribution in [2.45, 2.75) is 57.4 Å². The number of rotatable bonds is 6. The molecule has 2 aliphatic rings. The van der Waals surface area contributed by atoms with Crippen LogP contribution in [0.3, 0.4) is 0 Å². The van der Waals surface area contributed by atoms with Gasteiger partial charge in [0.2, 0.25) is 5.91 Å². The SMILES string of the molecule is CC(C)[C@@H](NC(=O)c1cccc(C2CCNCC2)c1)C(=O)N1CCC(c2ccc(Cl)cc2)CC1. The molecular formula is C28H36ClN3O2. The second-order valence-electron chi connectivity index (χ2n) is 10.00. The van der Waals surface area contributed by atoms with Crippen LogP contribution in [0.15, 0.2) is 48.5 Å². The summed E-state index contributed by atoms with van der Waals surface area (Å²) in [5.41, 5.74) is 3.13. The fourth-order valence-corrected chi connectivity index (χ4v) is 5.32. The lowest BCUT2D eigenvalue weighted by Gasteiger charge is -2.35. The second kappa shape index (κ2) is 11.4. The number of nitrogens with one attached hydrogen (secondary N) is 2. The van der Waals surface area contributed by atoms with Gasteiger partial charge in [-0.25, -0.2) is 0 Å². The van der Waals surface area contributed by atoms with Gasteiger partial charge in [0.05, 0.1) is 0 Å². The number of carbonyl (C=O) groups is 2. The smallest absolute Gasteiger partial charge is 0.251 e. The number of likely N-dealkylation sites (tertiary alicyclic amines) is 1. The lowest BCUT2D eigenvalue weighted by Crippen LogP contribution is -2.52. The first-order valence-corrected chi connectivity index (χ1v) is 13.0. The highest BCUT2D eigenvalue weighted by atomic mass is 35.5. The molecule has 4 rings (SSSR count). The maximum Gasteiger partial charge on any atom is 0.251 e. The van der Waals surface area contributed by atoms with Gasteiger partial charge >= 0.3 is 0 Å². The Bertz CT molecular complexity index is 977. The first kappa shape index (κ1) is 24.7. The summed E-state index contributed by atoms with van der Waals surface area (Å²) in [6, 6.07) is 15.4. The third-order valence-electron chi connectivity index (χ3n) is 7.33. The van der Waals surface area contributed by atoms with E-state index in [0.29, 0.717) is 30.5 Å². The monoisotopic (exact) mass is 481 g/mol. The van der Waals surface area contributed by atoms with Gasteiger partial charge in [0.15, 0.2) is 0 Å². The van der Waals surface area contributed by atoms with E-state index >= 15 is 0 Å². The highest BCUT2D eigenvalue weighted by Gasteiger charge is 2.32. The van der Waals surface area contributed by atoms with E-state index in [4.69, 9.17) is 11.6 Å². The normalized spacial score (nSPS) is 18.6. The van der Waals surface area contributed by atoms with Gasteiger partial charge in [-0.15, -0.1) is 0 Å². The molecule has 2 amide bonds. The molecule has 0 aromatic heterocycles. The fourth-order valence-electron chi connectivity index (χ4n) is 5.19. The van der Waals surface area contributed by atoms with Gasteiger partial charge < -0.3 is 15.5 Å². The Morgan fingerprint density at radius 2 is 1.59 bits per heavy atom. The molecule has 34 heavy (non-hydrogen) atoms. The molecule has 0 saturated carbocycles. The van der Waals surface area contributed by atoms with E-state index in [9.17, 15) is 9.59 Å². The first-order valence-electron chi connectivity index (χ1n) is 12.6. The molecule has 2 aromatic carbocycles. The van der Waals surface area contributed by atoms with Crippen molar-refractivity contribution in [3.8, 4) is 0 Å². The molecule has 1 atom stereocenters. The molecule has 2 fully saturated rings. The highest BCUT2D eigenvalue weighted by molar-refractivity contribution is 6.30. The third kappa shape index (κ3) is 6.00. The van der Waals surface area contributed by atoms with Crippen LogP contribution in [0.4, 0.5) is 0 Å². The first-order chi connectivity index (χ1) is 16.4. The number of piperidine rings is 2. The summed E-state index contributed by atoms with van der Waals surface area (Å²) in [7, 11) is 0. The number of hydrogen-bond donors (Lipinski definition) is 2. The van der Waals surface area contributed by atoms with E-state index in [1.807, 2.05) is 49.1 Å². The van der Waals surface area contributed by atoms with Crippen molar-refractivity contribution in [3.63, 3.8) is 0 Å². The van der Waals surface area contributed by atoms with Crippen molar-refractivity contribution in [1.82, 2.24) is 15.5 Å². The Kier molecular flexibility index (Phi) is 8.28. The predicted molar refractivity (Wildman–Crippen MR) is 137 cm³/mol. The lowest BCUT2D eigenvalue weighted by atomic mass is 9.88. The Morgan fingerprint density at radius 1 is 0.941 bits per heavy atom. The minimum absolute atomic E-state index is 0.0121. The van der Waals surface area contributed by atoms with Crippen molar-refractivity contribution in [1.29, 1.82) is 0 Å². The molecule has 0 aliphatic carbocycles. The van der Waals surface area contributed by atoms with Crippen LogP contribution >= 0.6 is 11.6 Å². The zero-order valence-corrected chi connectivity index (χ0v) is 21.0. The summed E-state index contributed by atoms with van der Waals surface area (Å²) < 4.78 is 0. The zero-order chi connectivity index (χ0) is 24.1. The minimum atomic E-state index is -0.526. The van der Waals surface area contributed by atoms with Crippen molar-refractivity contribution < 1.29 is 9.59 Å². The maximum atomic E-state index is 13.4. The van der Waals surface area contributed by atoms with Crippen LogP contribution in [0.25, 0.3) is 0 Å². The van der Waals surface area contributed by atoms with Gasteiger partial charge in [-0.2, -0.15) is 0 Å². The Balaban J connectivity index is 1.38. The van der Waals surface area contributed by atoms with E-state index in [1.54, 1.807) is 0 Å². The van der Waals surface area contributed by atoms with Crippen LogP contribution in [-0.2, 0) is 4.79 Å². The van der Waals surface area contributed by atoms with Crippen LogP contribution in [0.1, 0.15) is 72.9 Å². The summed E-state index contributed by atoms with van der Waals surface area (Å²) in [6.07, 6.45) is 4.02. The van der Waals surface area contributed by atoms with Crippen LogP contribution in [-0.4, -0.2) is 48.9 Å². The maximum absolute atomic E-state index is 13.4. The van der Waals surface area contributed by atoms with Gasteiger partial charge in [0, 0.05) is 23.7 Å². The van der Waals surface area contributed by atoms with Crippen LogP contribution in [0, 0.1) is 5.92 Å². The van der Waals surface area contributed by atoms with Gasteiger partial charge in [-0.3, -0.25) is 9.59 Å². The molecule has 5 nitrogen and oxygen atoms in total. The number of nitrogens with zero attached hydrogens (tertiary/aromatic N) is 1. The Hall–Kier alpha value is -2.37. The second-order valence-corrected chi connectivity index (χ2v) is 10.4. The standard InChI is InChI=1S/C28H36ClN3O2/c1-19(2)26(28(34)32-16-12-22(13-17-32)20-6-8-25(29)9-7-20)31-27(33)24-5-3-4-23(18-24)21-10-14-30-15-11-21/h3-9,18-19,21-22,26,30H,10-17H2,1-2H3,(H,31,33)/t26-/m1/s1. The Morgan fingerprint density at radius 3 is 2.24 bits per heavy atom. The molecule has 2 N–H and O–H groups in total. The van der Waals surface area contributed by atoms with E-state index in [2.05, 4.69) is 28.8 Å². The Labute approximate surface area is 208 Å². The summed E-state index contributed by atoms with van der Waals surface area (Å²) >= 11 is 6.02. The topological polar surface area (TPSA) is 61.4 Å². The molecule has 2 aromatic rings. The number of amides is 2. The van der Waals surface area contributed by atoms with Gasteiger partial charge in [0.1, 0.15) is 6.04 Å². The molecule has 2 aliphatic heterocycles. The summed E-state index contributed by atoms with van der Waals surface area (Å²) in [6.45, 7) is 7.43. The predicted octanol–water partition coefficient (Wildman–Crippen LogP) is 4.97. The molecule has 0 spiro atoms. The molecule has 2 saturated heterocycles. The van der Waals surface area contributed by atoms with Gasteiger partial charge in [0.25, 0.3) is 5.91 Å². The van der Waals surface area contributed by atoms with Crippen LogP contribution in [0.2, 0.25) is 5.02 Å². The average Bonchev–Trinajstić information content (AvgIpc) is 2.88. The summed E-state index contributed by atoms with van der Waals surface area (Å²) in [4.78, 5) is 28.5. The van der Waals surface area contributed by atoms with Crippen LogP contribution in [0.5, 0.6) is 0 Å². The number of halogens is 1. The van der Waals surface area contributed by atoms with E-state index < -0.39 is 6.04 Å². The number of hydrogen-bond acceptors (Lipinski definition) is 3.